The smallest absolute Gasteiger partial charge is 0.241 e. The Morgan fingerprint density at radius 1 is 1.05 bits per heavy atom. The van der Waals surface area contributed by atoms with Crippen LogP contribution in [0.3, 0.4) is 0 Å². The second-order valence-corrected chi connectivity index (χ2v) is 7.24. The molecule has 6 heteroatoms. The van der Waals surface area contributed by atoms with Crippen LogP contribution in [0.15, 0.2) is 47.4 Å². The summed E-state index contributed by atoms with van der Waals surface area (Å²) in [6, 6.07) is 12.8. The Hall–Kier alpha value is -1.08. The minimum absolute atomic E-state index is 0.333. The lowest BCUT2D eigenvalue weighted by atomic mass is 10.1. The van der Waals surface area contributed by atoms with Crippen LogP contribution in [0, 0.1) is 0 Å². The summed E-state index contributed by atoms with van der Waals surface area (Å²) in [6.45, 7) is 1.02. The Labute approximate surface area is 123 Å². The number of sulfonamides is 1. The van der Waals surface area contributed by atoms with E-state index in [1.807, 2.05) is 30.3 Å². The minimum atomic E-state index is -3.47. The predicted octanol–water partition coefficient (Wildman–Crippen LogP) is 1.81. The van der Waals surface area contributed by atoms with Crippen molar-refractivity contribution in [1.82, 2.24) is 4.72 Å². The maximum absolute atomic E-state index is 12.3. The number of rotatable bonds is 7. The summed E-state index contributed by atoms with van der Waals surface area (Å²) in [7, 11) is -3.47. The number of nitrogens with two attached hydrogens (primary N) is 1. The summed E-state index contributed by atoms with van der Waals surface area (Å²) < 4.78 is 27.3. The van der Waals surface area contributed by atoms with Gasteiger partial charge in [0.1, 0.15) is 0 Å². The van der Waals surface area contributed by atoms with Crippen molar-refractivity contribution in [3.05, 3.63) is 42.5 Å². The third-order valence-corrected chi connectivity index (χ3v) is 5.38. The average molecular weight is 310 g/mol. The molecule has 2 aromatic carbocycles. The Kier molecular flexibility index (Phi) is 5.42. The molecule has 0 aliphatic heterocycles. The fourth-order valence-corrected chi connectivity index (χ4v) is 3.95. The zero-order valence-corrected chi connectivity index (χ0v) is 12.7. The summed E-state index contributed by atoms with van der Waals surface area (Å²) >= 11 is 1.64. The lowest BCUT2D eigenvalue weighted by Crippen LogP contribution is -2.26. The standard InChI is InChI=1S/C14H18N2O2S2/c15-8-10-19-11-9-16-20(17,18)14-7-3-5-12-4-1-2-6-13(12)14/h1-7,16H,8-11,15H2. The highest BCUT2D eigenvalue weighted by molar-refractivity contribution is 7.99. The third-order valence-electron chi connectivity index (χ3n) is 2.84. The third kappa shape index (κ3) is 3.73. The molecular formula is C14H18N2O2S2. The summed E-state index contributed by atoms with van der Waals surface area (Å²) in [5.41, 5.74) is 5.39. The van der Waals surface area contributed by atoms with Crippen molar-refractivity contribution in [2.75, 3.05) is 24.6 Å². The van der Waals surface area contributed by atoms with Crippen LogP contribution in [0.4, 0.5) is 0 Å². The maximum atomic E-state index is 12.3. The van der Waals surface area contributed by atoms with Crippen LogP contribution in [0.2, 0.25) is 0 Å². The van der Waals surface area contributed by atoms with Crippen molar-refractivity contribution >= 4 is 32.6 Å². The van der Waals surface area contributed by atoms with Crippen molar-refractivity contribution < 1.29 is 8.42 Å². The highest BCUT2D eigenvalue weighted by Crippen LogP contribution is 2.22. The Morgan fingerprint density at radius 3 is 2.60 bits per heavy atom. The maximum Gasteiger partial charge on any atom is 0.241 e. The summed E-state index contributed by atoms with van der Waals surface area (Å²) in [5.74, 6) is 1.57. The quantitative estimate of drug-likeness (QED) is 0.765. The Morgan fingerprint density at radius 2 is 1.80 bits per heavy atom. The van der Waals surface area contributed by atoms with Crippen LogP contribution in [0.5, 0.6) is 0 Å². The lowest BCUT2D eigenvalue weighted by Gasteiger charge is -2.09. The second-order valence-electron chi connectivity index (χ2n) is 4.28. The SMILES string of the molecule is NCCSCCNS(=O)(=O)c1cccc2ccccc12. The molecule has 3 N–H and O–H groups in total. The van der Waals surface area contributed by atoms with Crippen LogP contribution in [0.25, 0.3) is 10.8 Å². The zero-order chi connectivity index (χ0) is 14.4. The van der Waals surface area contributed by atoms with E-state index in [1.54, 1.807) is 23.9 Å². The summed E-state index contributed by atoms with van der Waals surface area (Å²) in [6.07, 6.45) is 0. The monoisotopic (exact) mass is 310 g/mol. The van der Waals surface area contributed by atoms with E-state index in [0.29, 0.717) is 18.0 Å². The van der Waals surface area contributed by atoms with Crippen LogP contribution in [-0.2, 0) is 10.0 Å². The predicted molar refractivity (Wildman–Crippen MR) is 85.5 cm³/mol. The molecule has 0 fully saturated rings. The largest absolute Gasteiger partial charge is 0.330 e. The highest BCUT2D eigenvalue weighted by atomic mass is 32.2. The van der Waals surface area contributed by atoms with Gasteiger partial charge in [-0.2, -0.15) is 11.8 Å². The van der Waals surface area contributed by atoms with E-state index in [0.717, 1.165) is 22.3 Å². The fraction of sp³-hybridized carbons (Fsp3) is 0.286. The van der Waals surface area contributed by atoms with Crippen LogP contribution < -0.4 is 10.5 Å². The first kappa shape index (κ1) is 15.3. The first-order chi connectivity index (χ1) is 9.65. The summed E-state index contributed by atoms with van der Waals surface area (Å²) in [5, 5.41) is 1.67. The molecule has 0 aliphatic rings. The molecule has 0 atom stereocenters. The van der Waals surface area contributed by atoms with Gasteiger partial charge in [-0.15, -0.1) is 0 Å². The molecule has 0 aliphatic carbocycles. The van der Waals surface area contributed by atoms with Crippen LogP contribution in [0.1, 0.15) is 0 Å². The molecule has 108 valence electrons. The molecule has 0 saturated carbocycles. The first-order valence-electron chi connectivity index (χ1n) is 6.40. The van der Waals surface area contributed by atoms with Gasteiger partial charge in [0, 0.05) is 30.0 Å². The van der Waals surface area contributed by atoms with Crippen LogP contribution >= 0.6 is 11.8 Å². The highest BCUT2D eigenvalue weighted by Gasteiger charge is 2.16. The zero-order valence-electron chi connectivity index (χ0n) is 11.1. The molecule has 0 amide bonds. The molecule has 2 aromatic rings. The lowest BCUT2D eigenvalue weighted by molar-refractivity contribution is 0.585. The number of hydrogen-bond acceptors (Lipinski definition) is 4. The van der Waals surface area contributed by atoms with Crippen molar-refractivity contribution in [2.24, 2.45) is 5.73 Å². The molecule has 0 unspecified atom stereocenters. The summed E-state index contributed by atoms with van der Waals surface area (Å²) in [4.78, 5) is 0.333. The van der Waals surface area contributed by atoms with Gasteiger partial charge in [-0.1, -0.05) is 36.4 Å². The van der Waals surface area contributed by atoms with E-state index < -0.39 is 10.0 Å². The van der Waals surface area contributed by atoms with Crippen molar-refractivity contribution in [2.45, 2.75) is 4.90 Å². The number of fused-ring (bicyclic) bond motifs is 1. The van der Waals surface area contributed by atoms with E-state index in [2.05, 4.69) is 4.72 Å². The molecule has 0 bridgehead atoms. The molecule has 0 saturated heterocycles. The van der Waals surface area contributed by atoms with Gasteiger partial charge < -0.3 is 5.73 Å². The van der Waals surface area contributed by atoms with Gasteiger partial charge in [-0.25, -0.2) is 13.1 Å². The molecule has 20 heavy (non-hydrogen) atoms. The van der Waals surface area contributed by atoms with Gasteiger partial charge in [0.05, 0.1) is 4.90 Å². The van der Waals surface area contributed by atoms with E-state index >= 15 is 0 Å². The van der Waals surface area contributed by atoms with Gasteiger partial charge in [0.15, 0.2) is 0 Å². The molecule has 0 spiro atoms. The number of benzene rings is 2. The van der Waals surface area contributed by atoms with Crippen molar-refractivity contribution in [1.29, 1.82) is 0 Å². The molecule has 0 radical (unpaired) electrons. The Bertz CT molecular complexity index is 666. The molecule has 2 rings (SSSR count). The van der Waals surface area contributed by atoms with Crippen molar-refractivity contribution in [3.63, 3.8) is 0 Å². The Balaban J connectivity index is 2.15. The normalized spacial score (nSPS) is 11.8. The molecule has 4 nitrogen and oxygen atoms in total. The van der Waals surface area contributed by atoms with Gasteiger partial charge in [-0.3, -0.25) is 0 Å². The molecule has 0 aromatic heterocycles. The van der Waals surface area contributed by atoms with Gasteiger partial charge in [-0.05, 0) is 11.5 Å². The van der Waals surface area contributed by atoms with Gasteiger partial charge in [0.25, 0.3) is 0 Å². The first-order valence-corrected chi connectivity index (χ1v) is 9.04. The van der Waals surface area contributed by atoms with E-state index in [1.165, 1.54) is 0 Å². The second kappa shape index (κ2) is 7.08. The van der Waals surface area contributed by atoms with E-state index in [-0.39, 0.29) is 0 Å². The van der Waals surface area contributed by atoms with Gasteiger partial charge >= 0.3 is 0 Å². The minimum Gasteiger partial charge on any atom is -0.330 e. The van der Waals surface area contributed by atoms with Crippen molar-refractivity contribution in [3.8, 4) is 0 Å². The number of thioether (sulfide) groups is 1. The van der Waals surface area contributed by atoms with Gasteiger partial charge in [0.2, 0.25) is 10.0 Å². The fourth-order valence-electron chi connectivity index (χ4n) is 1.94. The number of hydrogen-bond donors (Lipinski definition) is 2. The van der Waals surface area contributed by atoms with E-state index in [9.17, 15) is 8.42 Å². The topological polar surface area (TPSA) is 72.2 Å². The number of nitrogens with one attached hydrogen (secondary N) is 1. The van der Waals surface area contributed by atoms with E-state index in [4.69, 9.17) is 5.73 Å². The van der Waals surface area contributed by atoms with Crippen LogP contribution in [-0.4, -0.2) is 33.0 Å². The molecular weight excluding hydrogens is 292 g/mol. The average Bonchev–Trinajstić information content (AvgIpc) is 2.46. The molecule has 0 heterocycles.